The molecule has 0 aliphatic heterocycles. The Kier molecular flexibility index (Phi) is 4.93. The summed E-state index contributed by atoms with van der Waals surface area (Å²) in [6, 6.07) is 2.08. The Hall–Kier alpha value is -1.33. The lowest BCUT2D eigenvalue weighted by molar-refractivity contribution is -0.139. The zero-order valence-corrected chi connectivity index (χ0v) is 11.0. The van der Waals surface area contributed by atoms with Gasteiger partial charge in [-0.05, 0) is 12.1 Å². The average Bonchev–Trinajstić information content (AvgIpc) is 2.38. The van der Waals surface area contributed by atoms with Crippen molar-refractivity contribution in [1.29, 1.82) is 0 Å². The molecule has 0 bridgehead atoms. The lowest BCUT2D eigenvalue weighted by Crippen LogP contribution is -2.26. The fourth-order valence-corrected chi connectivity index (χ4v) is 1.61. The third kappa shape index (κ3) is 2.91. The molecule has 98 valence electrons. The monoisotopic (exact) mass is 294 g/mol. The number of hydrogen-bond acceptors (Lipinski definition) is 4. The molecule has 1 rings (SSSR count). The lowest BCUT2D eigenvalue weighted by Gasteiger charge is -2.09. The van der Waals surface area contributed by atoms with Gasteiger partial charge in [-0.3, -0.25) is 4.79 Å². The number of Topliss-reactive ketones (excluding diaryl/α,β-unsaturated/α-hetero) is 1. The van der Waals surface area contributed by atoms with Crippen LogP contribution in [0.3, 0.4) is 0 Å². The Bertz CT molecular complexity index is 490. The summed E-state index contributed by atoms with van der Waals surface area (Å²) < 4.78 is 22.5. The third-order valence-corrected chi connectivity index (χ3v) is 2.88. The second kappa shape index (κ2) is 6.02. The number of hydrogen-bond donors (Lipinski definition) is 0. The van der Waals surface area contributed by atoms with E-state index < -0.39 is 22.9 Å². The minimum atomic E-state index is -1.54. The molecule has 7 heteroatoms. The number of esters is 1. The molecular formula is C11H9Cl2FO4. The van der Waals surface area contributed by atoms with Gasteiger partial charge in [-0.2, -0.15) is 0 Å². The first kappa shape index (κ1) is 14.7. The minimum Gasteiger partial charge on any atom is -0.495 e. The maximum absolute atomic E-state index is 13.4. The smallest absolute Gasteiger partial charge is 0.331 e. The maximum Gasteiger partial charge on any atom is 0.331 e. The van der Waals surface area contributed by atoms with E-state index >= 15 is 0 Å². The number of methoxy groups -OCH3 is 2. The van der Waals surface area contributed by atoms with E-state index in [9.17, 15) is 14.0 Å². The summed E-state index contributed by atoms with van der Waals surface area (Å²) in [5.74, 6) is -2.57. The molecule has 1 unspecified atom stereocenters. The minimum absolute atomic E-state index is 0.0197. The first-order chi connectivity index (χ1) is 8.42. The normalized spacial score (nSPS) is 11.8. The van der Waals surface area contributed by atoms with Gasteiger partial charge in [-0.1, -0.05) is 11.6 Å². The van der Waals surface area contributed by atoms with Crippen molar-refractivity contribution in [1.82, 2.24) is 0 Å². The summed E-state index contributed by atoms with van der Waals surface area (Å²) in [6.07, 6.45) is 0. The zero-order valence-electron chi connectivity index (χ0n) is 9.50. The SMILES string of the molecule is COC(=O)C(Cl)C(=O)c1cc(F)c(Cl)c(OC)c1. The number of alkyl halides is 1. The lowest BCUT2D eigenvalue weighted by atomic mass is 10.1. The molecule has 0 aliphatic rings. The van der Waals surface area contributed by atoms with Crippen molar-refractivity contribution in [2.75, 3.05) is 14.2 Å². The Morgan fingerprint density at radius 1 is 1.33 bits per heavy atom. The van der Waals surface area contributed by atoms with Gasteiger partial charge in [-0.15, -0.1) is 11.6 Å². The molecule has 1 aromatic carbocycles. The standard InChI is InChI=1S/C11H9Cl2FO4/c1-17-7-4-5(3-6(14)8(7)12)10(15)9(13)11(16)18-2/h3-4,9H,1-2H3. The molecular weight excluding hydrogens is 286 g/mol. The van der Waals surface area contributed by atoms with Crippen LogP contribution in [0.5, 0.6) is 5.75 Å². The molecule has 4 nitrogen and oxygen atoms in total. The van der Waals surface area contributed by atoms with Crippen LogP contribution in [-0.2, 0) is 9.53 Å². The summed E-state index contributed by atoms with van der Waals surface area (Å²) >= 11 is 11.2. The highest BCUT2D eigenvalue weighted by molar-refractivity contribution is 6.43. The molecule has 0 N–H and O–H groups in total. The van der Waals surface area contributed by atoms with Gasteiger partial charge in [0.2, 0.25) is 0 Å². The van der Waals surface area contributed by atoms with Gasteiger partial charge in [-0.25, -0.2) is 9.18 Å². The van der Waals surface area contributed by atoms with Gasteiger partial charge in [0.15, 0.2) is 11.2 Å². The fourth-order valence-electron chi connectivity index (χ4n) is 1.21. The second-order valence-corrected chi connectivity index (χ2v) is 4.04. The molecule has 0 aromatic heterocycles. The predicted octanol–water partition coefficient (Wildman–Crippen LogP) is 2.45. The highest BCUT2D eigenvalue weighted by Crippen LogP contribution is 2.29. The Labute approximate surface area is 113 Å². The van der Waals surface area contributed by atoms with Gasteiger partial charge in [0.1, 0.15) is 16.6 Å². The molecule has 0 radical (unpaired) electrons. The molecule has 0 saturated heterocycles. The first-order valence-corrected chi connectivity index (χ1v) is 5.53. The van der Waals surface area contributed by atoms with Crippen molar-refractivity contribution in [3.8, 4) is 5.75 Å². The predicted molar refractivity (Wildman–Crippen MR) is 63.9 cm³/mol. The summed E-state index contributed by atoms with van der Waals surface area (Å²) in [6.45, 7) is 0. The van der Waals surface area contributed by atoms with Crippen LogP contribution in [0.1, 0.15) is 10.4 Å². The number of ether oxygens (including phenoxy) is 2. The molecule has 1 atom stereocenters. The van der Waals surface area contributed by atoms with Crippen LogP contribution in [0.2, 0.25) is 5.02 Å². The molecule has 0 fully saturated rings. The summed E-state index contributed by atoms with van der Waals surface area (Å²) in [5.41, 5.74) is -0.126. The van der Waals surface area contributed by atoms with Crippen LogP contribution in [-0.4, -0.2) is 31.3 Å². The van der Waals surface area contributed by atoms with Crippen molar-refractivity contribution in [3.63, 3.8) is 0 Å². The number of ketones is 1. The number of benzene rings is 1. The van der Waals surface area contributed by atoms with Crippen LogP contribution < -0.4 is 4.74 Å². The van der Waals surface area contributed by atoms with Crippen LogP contribution >= 0.6 is 23.2 Å². The van der Waals surface area contributed by atoms with E-state index in [1.165, 1.54) is 13.2 Å². The van der Waals surface area contributed by atoms with E-state index in [0.29, 0.717) is 0 Å². The van der Waals surface area contributed by atoms with Crippen LogP contribution in [0.15, 0.2) is 12.1 Å². The summed E-state index contributed by atoms with van der Waals surface area (Å²) in [4.78, 5) is 22.9. The molecule has 0 spiro atoms. The number of halogens is 3. The molecule has 0 aliphatic carbocycles. The molecule has 18 heavy (non-hydrogen) atoms. The number of rotatable bonds is 4. The third-order valence-electron chi connectivity index (χ3n) is 2.14. The largest absolute Gasteiger partial charge is 0.495 e. The molecule has 0 heterocycles. The topological polar surface area (TPSA) is 52.6 Å². The van der Waals surface area contributed by atoms with E-state index in [0.717, 1.165) is 13.2 Å². The number of carbonyl (C=O) groups excluding carboxylic acids is 2. The Morgan fingerprint density at radius 2 is 1.94 bits per heavy atom. The van der Waals surface area contributed by atoms with Gasteiger partial charge in [0.25, 0.3) is 0 Å². The molecule has 0 amide bonds. The van der Waals surface area contributed by atoms with E-state index in [1.807, 2.05) is 0 Å². The summed E-state index contributed by atoms with van der Waals surface area (Å²) in [5, 5.41) is -1.79. The van der Waals surface area contributed by atoms with Crippen LogP contribution in [0.25, 0.3) is 0 Å². The second-order valence-electron chi connectivity index (χ2n) is 3.22. The average molecular weight is 295 g/mol. The van der Waals surface area contributed by atoms with Crippen LogP contribution in [0, 0.1) is 5.82 Å². The van der Waals surface area contributed by atoms with Crippen LogP contribution in [0.4, 0.5) is 4.39 Å². The van der Waals surface area contributed by atoms with Gasteiger partial charge in [0, 0.05) is 5.56 Å². The molecule has 1 aromatic rings. The number of carbonyl (C=O) groups is 2. The van der Waals surface area contributed by atoms with E-state index in [1.54, 1.807) is 0 Å². The van der Waals surface area contributed by atoms with Gasteiger partial charge < -0.3 is 9.47 Å². The molecule has 0 saturated carbocycles. The van der Waals surface area contributed by atoms with Crippen molar-refractivity contribution < 1.29 is 23.5 Å². The fraction of sp³-hybridized carbons (Fsp3) is 0.273. The Balaban J connectivity index is 3.14. The Morgan fingerprint density at radius 3 is 2.44 bits per heavy atom. The van der Waals surface area contributed by atoms with Crippen molar-refractivity contribution in [2.45, 2.75) is 5.38 Å². The van der Waals surface area contributed by atoms with E-state index in [2.05, 4.69) is 4.74 Å². The highest BCUT2D eigenvalue weighted by atomic mass is 35.5. The zero-order chi connectivity index (χ0) is 13.9. The first-order valence-electron chi connectivity index (χ1n) is 4.71. The highest BCUT2D eigenvalue weighted by Gasteiger charge is 2.27. The van der Waals surface area contributed by atoms with Crippen molar-refractivity contribution in [2.24, 2.45) is 0 Å². The van der Waals surface area contributed by atoms with E-state index in [-0.39, 0.29) is 16.3 Å². The van der Waals surface area contributed by atoms with Gasteiger partial charge >= 0.3 is 5.97 Å². The van der Waals surface area contributed by atoms with E-state index in [4.69, 9.17) is 27.9 Å². The summed E-state index contributed by atoms with van der Waals surface area (Å²) in [7, 11) is 2.36. The van der Waals surface area contributed by atoms with Gasteiger partial charge in [0.05, 0.1) is 14.2 Å². The quantitative estimate of drug-likeness (QED) is 0.370. The van der Waals surface area contributed by atoms with Crippen molar-refractivity contribution >= 4 is 35.0 Å². The maximum atomic E-state index is 13.4. The van der Waals surface area contributed by atoms with Crippen molar-refractivity contribution in [3.05, 3.63) is 28.5 Å².